The van der Waals surface area contributed by atoms with Gasteiger partial charge in [-0.2, -0.15) is 0 Å². The molecular weight excluding hydrogens is 238 g/mol. The number of nitrogens with two attached hydrogens (primary N) is 1. The van der Waals surface area contributed by atoms with Gasteiger partial charge in [-0.05, 0) is 37.0 Å². The number of rotatable bonds is 4. The van der Waals surface area contributed by atoms with E-state index < -0.39 is 0 Å². The van der Waals surface area contributed by atoms with E-state index in [1.54, 1.807) is 13.1 Å². The molecule has 0 radical (unpaired) electrons. The van der Waals surface area contributed by atoms with Gasteiger partial charge in [-0.25, -0.2) is 0 Å². The minimum atomic E-state index is -0.0736. The molecule has 1 aliphatic rings. The summed E-state index contributed by atoms with van der Waals surface area (Å²) in [5.41, 5.74) is 8.37. The van der Waals surface area contributed by atoms with Crippen molar-refractivity contribution in [3.05, 3.63) is 23.8 Å². The van der Waals surface area contributed by atoms with Crippen LogP contribution in [0.2, 0.25) is 0 Å². The summed E-state index contributed by atoms with van der Waals surface area (Å²) in [7, 11) is 3.69. The highest BCUT2D eigenvalue weighted by atomic mass is 16.1. The maximum absolute atomic E-state index is 11.7. The minimum Gasteiger partial charge on any atom is -0.397 e. The maximum Gasteiger partial charge on any atom is 0.251 e. The number of carbonyl (C=O) groups is 1. The van der Waals surface area contributed by atoms with Crippen LogP contribution in [0.1, 0.15) is 36.0 Å². The lowest BCUT2D eigenvalue weighted by Crippen LogP contribution is -2.25. The van der Waals surface area contributed by atoms with Gasteiger partial charge in [0, 0.05) is 26.2 Å². The Balaban J connectivity index is 2.14. The van der Waals surface area contributed by atoms with Crippen LogP contribution in [-0.2, 0) is 0 Å². The van der Waals surface area contributed by atoms with Crippen molar-refractivity contribution in [3.63, 3.8) is 0 Å². The Morgan fingerprint density at radius 3 is 2.74 bits per heavy atom. The van der Waals surface area contributed by atoms with Crippen molar-refractivity contribution in [2.45, 2.75) is 25.7 Å². The number of nitrogens with one attached hydrogen (secondary N) is 1. The Hall–Kier alpha value is -1.71. The average Bonchev–Trinajstić information content (AvgIpc) is 2.91. The molecule has 4 nitrogen and oxygen atoms in total. The second kappa shape index (κ2) is 5.95. The minimum absolute atomic E-state index is 0.0736. The molecule has 0 unspecified atom stereocenters. The van der Waals surface area contributed by atoms with Gasteiger partial charge in [0.2, 0.25) is 0 Å². The first-order valence-electron chi connectivity index (χ1n) is 6.94. The van der Waals surface area contributed by atoms with E-state index >= 15 is 0 Å². The molecule has 0 saturated heterocycles. The first kappa shape index (κ1) is 13.7. The summed E-state index contributed by atoms with van der Waals surface area (Å²) in [4.78, 5) is 13.9. The third kappa shape index (κ3) is 3.19. The van der Waals surface area contributed by atoms with E-state index in [4.69, 9.17) is 5.73 Å². The van der Waals surface area contributed by atoms with Crippen molar-refractivity contribution in [2.24, 2.45) is 5.92 Å². The van der Waals surface area contributed by atoms with Crippen molar-refractivity contribution in [2.75, 3.05) is 31.3 Å². The van der Waals surface area contributed by atoms with Gasteiger partial charge in [-0.15, -0.1) is 0 Å². The smallest absolute Gasteiger partial charge is 0.251 e. The predicted octanol–water partition coefficient (Wildman–Crippen LogP) is 2.25. The van der Waals surface area contributed by atoms with Gasteiger partial charge in [0.15, 0.2) is 0 Å². The number of benzene rings is 1. The van der Waals surface area contributed by atoms with Crippen molar-refractivity contribution >= 4 is 17.3 Å². The number of hydrogen-bond donors (Lipinski definition) is 2. The molecule has 1 saturated carbocycles. The highest BCUT2D eigenvalue weighted by Gasteiger charge is 2.18. The Labute approximate surface area is 115 Å². The molecule has 1 amide bonds. The molecule has 0 aliphatic heterocycles. The highest BCUT2D eigenvalue weighted by Crippen LogP contribution is 2.29. The molecule has 0 aromatic heterocycles. The first-order chi connectivity index (χ1) is 9.11. The molecule has 0 bridgehead atoms. The van der Waals surface area contributed by atoms with Gasteiger partial charge in [-0.3, -0.25) is 4.79 Å². The molecule has 0 heterocycles. The van der Waals surface area contributed by atoms with Crippen LogP contribution in [-0.4, -0.2) is 26.5 Å². The Kier molecular flexibility index (Phi) is 4.30. The van der Waals surface area contributed by atoms with Crippen molar-refractivity contribution in [1.82, 2.24) is 5.32 Å². The fourth-order valence-electron chi connectivity index (χ4n) is 2.84. The van der Waals surface area contributed by atoms with Crippen LogP contribution < -0.4 is 16.0 Å². The number of hydrogen-bond acceptors (Lipinski definition) is 3. The zero-order valence-corrected chi connectivity index (χ0v) is 11.8. The van der Waals surface area contributed by atoms with Gasteiger partial charge in [0.05, 0.1) is 11.4 Å². The van der Waals surface area contributed by atoms with E-state index in [-0.39, 0.29) is 5.91 Å². The standard InChI is InChI=1S/C15H23N3O/c1-17-15(19)12-7-8-13(16)14(9-12)18(2)10-11-5-3-4-6-11/h7-9,11H,3-6,10,16H2,1-2H3,(H,17,19). The van der Waals surface area contributed by atoms with Crippen LogP contribution in [0.3, 0.4) is 0 Å². The van der Waals surface area contributed by atoms with Gasteiger partial charge in [-0.1, -0.05) is 12.8 Å². The maximum atomic E-state index is 11.7. The largest absolute Gasteiger partial charge is 0.397 e. The van der Waals surface area contributed by atoms with E-state index in [1.165, 1.54) is 25.7 Å². The van der Waals surface area contributed by atoms with Crippen LogP contribution in [0.15, 0.2) is 18.2 Å². The third-order valence-electron chi connectivity index (χ3n) is 3.94. The van der Waals surface area contributed by atoms with Gasteiger partial charge in [0.25, 0.3) is 5.91 Å². The second-order valence-corrected chi connectivity index (χ2v) is 5.38. The zero-order chi connectivity index (χ0) is 13.8. The number of anilines is 2. The molecule has 0 atom stereocenters. The monoisotopic (exact) mass is 261 g/mol. The normalized spacial score (nSPS) is 15.5. The van der Waals surface area contributed by atoms with Gasteiger partial charge < -0.3 is 16.0 Å². The van der Waals surface area contributed by atoms with E-state index in [0.717, 1.165) is 23.8 Å². The van der Waals surface area contributed by atoms with Crippen molar-refractivity contribution < 1.29 is 4.79 Å². The Morgan fingerprint density at radius 2 is 2.11 bits per heavy atom. The lowest BCUT2D eigenvalue weighted by atomic mass is 10.1. The topological polar surface area (TPSA) is 58.4 Å². The predicted molar refractivity (Wildman–Crippen MR) is 79.5 cm³/mol. The van der Waals surface area contributed by atoms with Crippen molar-refractivity contribution in [3.8, 4) is 0 Å². The number of nitrogens with zero attached hydrogens (tertiary/aromatic N) is 1. The molecule has 4 heteroatoms. The summed E-state index contributed by atoms with van der Waals surface area (Å²) in [5, 5.41) is 2.64. The fourth-order valence-corrected chi connectivity index (χ4v) is 2.84. The molecule has 1 fully saturated rings. The molecular formula is C15H23N3O. The highest BCUT2D eigenvalue weighted by molar-refractivity contribution is 5.96. The molecule has 3 N–H and O–H groups in total. The van der Waals surface area contributed by atoms with E-state index in [1.807, 2.05) is 12.1 Å². The Morgan fingerprint density at radius 1 is 1.42 bits per heavy atom. The van der Waals surface area contributed by atoms with Crippen molar-refractivity contribution in [1.29, 1.82) is 0 Å². The Bertz CT molecular complexity index is 453. The van der Waals surface area contributed by atoms with Crippen LogP contribution in [0.5, 0.6) is 0 Å². The van der Waals surface area contributed by atoms with E-state index in [2.05, 4.69) is 17.3 Å². The molecule has 2 rings (SSSR count). The summed E-state index contributed by atoms with van der Waals surface area (Å²) in [6.07, 6.45) is 5.29. The molecule has 0 spiro atoms. The summed E-state index contributed by atoms with van der Waals surface area (Å²) in [6, 6.07) is 5.45. The molecule has 104 valence electrons. The lowest BCUT2D eigenvalue weighted by molar-refractivity contribution is 0.0963. The van der Waals surface area contributed by atoms with E-state index in [0.29, 0.717) is 5.56 Å². The van der Waals surface area contributed by atoms with Gasteiger partial charge >= 0.3 is 0 Å². The molecule has 19 heavy (non-hydrogen) atoms. The number of carbonyl (C=O) groups excluding carboxylic acids is 1. The van der Waals surface area contributed by atoms with Crippen LogP contribution in [0, 0.1) is 5.92 Å². The SMILES string of the molecule is CNC(=O)c1ccc(N)c(N(C)CC2CCCC2)c1. The molecule has 1 aliphatic carbocycles. The number of nitrogen functional groups attached to an aromatic ring is 1. The fraction of sp³-hybridized carbons (Fsp3) is 0.533. The zero-order valence-electron chi connectivity index (χ0n) is 11.8. The summed E-state index contributed by atoms with van der Waals surface area (Å²) in [5.74, 6) is 0.684. The molecule has 1 aromatic rings. The molecule has 1 aromatic carbocycles. The lowest BCUT2D eigenvalue weighted by Gasteiger charge is -2.25. The second-order valence-electron chi connectivity index (χ2n) is 5.38. The summed E-state index contributed by atoms with van der Waals surface area (Å²) >= 11 is 0. The third-order valence-corrected chi connectivity index (χ3v) is 3.94. The van der Waals surface area contributed by atoms with Crippen LogP contribution >= 0.6 is 0 Å². The first-order valence-corrected chi connectivity index (χ1v) is 6.94. The van der Waals surface area contributed by atoms with E-state index in [9.17, 15) is 4.79 Å². The average molecular weight is 261 g/mol. The quantitative estimate of drug-likeness (QED) is 0.817. The van der Waals surface area contributed by atoms with Gasteiger partial charge in [0.1, 0.15) is 0 Å². The summed E-state index contributed by atoms with van der Waals surface area (Å²) < 4.78 is 0. The van der Waals surface area contributed by atoms with Crippen LogP contribution in [0.25, 0.3) is 0 Å². The summed E-state index contributed by atoms with van der Waals surface area (Å²) in [6.45, 7) is 1.02. The number of amides is 1. The van der Waals surface area contributed by atoms with Crippen LogP contribution in [0.4, 0.5) is 11.4 Å².